The number of carbonyl (C=O) groups excluding carboxylic acids is 2. The van der Waals surface area contributed by atoms with Gasteiger partial charge in [0.15, 0.2) is 0 Å². The number of nitrogens with zero attached hydrogens (tertiary/aromatic N) is 6. The van der Waals surface area contributed by atoms with Crippen molar-refractivity contribution < 1.29 is 9.59 Å². The minimum Gasteiger partial charge on any atom is -0.353 e. The molecule has 10 heteroatoms. The van der Waals surface area contributed by atoms with Crippen LogP contribution in [-0.2, 0) is 4.79 Å². The lowest BCUT2D eigenvalue weighted by molar-refractivity contribution is -0.137. The summed E-state index contributed by atoms with van der Waals surface area (Å²) in [7, 11) is 0. The minimum atomic E-state index is -0.176. The first kappa shape index (κ1) is 16.4. The van der Waals surface area contributed by atoms with E-state index < -0.39 is 0 Å². The lowest BCUT2D eigenvalue weighted by Gasteiger charge is -2.50. The summed E-state index contributed by atoms with van der Waals surface area (Å²) in [6.45, 7) is 1.30. The van der Waals surface area contributed by atoms with Gasteiger partial charge in [0.25, 0.3) is 11.9 Å². The van der Waals surface area contributed by atoms with Crippen LogP contribution < -0.4 is 5.32 Å². The lowest BCUT2D eigenvalue weighted by atomic mass is 9.61. The van der Waals surface area contributed by atoms with Crippen LogP contribution >= 0.6 is 0 Å². The van der Waals surface area contributed by atoms with Gasteiger partial charge < -0.3 is 10.2 Å². The highest BCUT2D eigenvalue weighted by Gasteiger charge is 2.49. The van der Waals surface area contributed by atoms with Crippen LogP contribution in [0.3, 0.4) is 0 Å². The SMILES string of the molecule is O=C(NC1CCC1)[C@@H]1C[C@H]2CCN(C(=O)c3nc(-n4cnnc4)n[nH]3)C[C@H]21. The molecule has 2 N–H and O–H groups in total. The van der Waals surface area contributed by atoms with Crippen molar-refractivity contribution in [3.05, 3.63) is 18.5 Å². The molecule has 10 nitrogen and oxygen atoms in total. The molecule has 3 aliphatic rings. The molecule has 142 valence electrons. The van der Waals surface area contributed by atoms with Crippen molar-refractivity contribution in [3.8, 4) is 5.95 Å². The summed E-state index contributed by atoms with van der Waals surface area (Å²) >= 11 is 0. The molecule has 3 atom stereocenters. The van der Waals surface area contributed by atoms with Crippen LogP contribution in [0.1, 0.15) is 42.7 Å². The van der Waals surface area contributed by atoms with Crippen LogP contribution in [0, 0.1) is 17.8 Å². The molecule has 0 radical (unpaired) electrons. The molecule has 0 bridgehead atoms. The molecule has 2 amide bonds. The van der Waals surface area contributed by atoms with Crippen LogP contribution in [0.4, 0.5) is 0 Å². The van der Waals surface area contributed by atoms with Crippen molar-refractivity contribution in [3.63, 3.8) is 0 Å². The maximum absolute atomic E-state index is 12.8. The Balaban J connectivity index is 1.23. The standard InChI is InChI=1S/C17H22N8O2/c26-15(20-11-2-1-3-11)12-6-10-4-5-24(7-13(10)12)16(27)14-21-17(23-22-14)25-8-18-19-9-25/h8-13H,1-7H2,(H,20,26)(H,21,22,23)/t10-,12-,13-/m1/s1. The van der Waals surface area contributed by atoms with Gasteiger partial charge in [0, 0.05) is 25.0 Å². The molecule has 2 aromatic heterocycles. The van der Waals surface area contributed by atoms with Crippen LogP contribution in [0.15, 0.2) is 12.7 Å². The Labute approximate surface area is 155 Å². The van der Waals surface area contributed by atoms with E-state index in [0.29, 0.717) is 31.0 Å². The average molecular weight is 370 g/mol. The number of hydrogen-bond donors (Lipinski definition) is 2. The Morgan fingerprint density at radius 3 is 2.74 bits per heavy atom. The van der Waals surface area contributed by atoms with Gasteiger partial charge >= 0.3 is 0 Å². The Morgan fingerprint density at radius 1 is 1.19 bits per heavy atom. The van der Waals surface area contributed by atoms with Gasteiger partial charge in [-0.15, -0.1) is 15.3 Å². The average Bonchev–Trinajstić information content (AvgIpc) is 3.29. The van der Waals surface area contributed by atoms with E-state index in [4.69, 9.17) is 0 Å². The zero-order valence-corrected chi connectivity index (χ0v) is 14.9. The maximum Gasteiger partial charge on any atom is 0.291 e. The normalized spacial score (nSPS) is 27.4. The molecule has 5 rings (SSSR count). The number of amides is 2. The van der Waals surface area contributed by atoms with E-state index >= 15 is 0 Å². The molecular weight excluding hydrogens is 348 g/mol. The van der Waals surface area contributed by atoms with Crippen LogP contribution in [0.25, 0.3) is 5.95 Å². The highest BCUT2D eigenvalue weighted by Crippen LogP contribution is 2.46. The molecule has 2 aromatic rings. The Kier molecular flexibility index (Phi) is 3.91. The fourth-order valence-electron chi connectivity index (χ4n) is 4.35. The number of aromatic nitrogens is 6. The summed E-state index contributed by atoms with van der Waals surface area (Å²) in [6.07, 6.45) is 8.24. The zero-order chi connectivity index (χ0) is 18.4. The fourth-order valence-corrected chi connectivity index (χ4v) is 4.35. The van der Waals surface area contributed by atoms with E-state index in [1.807, 2.05) is 0 Å². The highest BCUT2D eigenvalue weighted by molar-refractivity contribution is 5.90. The molecule has 1 saturated heterocycles. The van der Waals surface area contributed by atoms with Gasteiger partial charge in [0.1, 0.15) is 12.7 Å². The van der Waals surface area contributed by atoms with Crippen molar-refractivity contribution >= 4 is 11.8 Å². The number of H-pyrrole nitrogens is 1. The smallest absolute Gasteiger partial charge is 0.291 e. The van der Waals surface area contributed by atoms with Crippen LogP contribution in [-0.4, -0.2) is 65.8 Å². The molecule has 0 aromatic carbocycles. The Bertz CT molecular complexity index is 843. The van der Waals surface area contributed by atoms with E-state index in [-0.39, 0.29) is 29.5 Å². The van der Waals surface area contributed by atoms with E-state index in [2.05, 4.69) is 30.7 Å². The molecule has 0 spiro atoms. The number of fused-ring (bicyclic) bond motifs is 1. The summed E-state index contributed by atoms with van der Waals surface area (Å²) in [5.41, 5.74) is 0. The number of nitrogens with one attached hydrogen (secondary N) is 2. The number of piperidine rings is 1. The van der Waals surface area contributed by atoms with Gasteiger partial charge in [0.2, 0.25) is 11.7 Å². The van der Waals surface area contributed by atoms with E-state index in [1.165, 1.54) is 23.6 Å². The second-order valence-electron chi connectivity index (χ2n) is 7.80. The van der Waals surface area contributed by atoms with Crippen molar-refractivity contribution in [2.24, 2.45) is 17.8 Å². The van der Waals surface area contributed by atoms with Crippen LogP contribution in [0.2, 0.25) is 0 Å². The second kappa shape index (κ2) is 6.43. The largest absolute Gasteiger partial charge is 0.353 e. The molecule has 2 saturated carbocycles. The summed E-state index contributed by atoms with van der Waals surface area (Å²) in [5.74, 6) is 1.37. The molecule has 2 aliphatic carbocycles. The molecule has 3 heterocycles. The van der Waals surface area contributed by atoms with Gasteiger partial charge in [-0.05, 0) is 43.9 Å². The van der Waals surface area contributed by atoms with Crippen molar-refractivity contribution in [2.75, 3.05) is 13.1 Å². The predicted molar refractivity (Wildman–Crippen MR) is 92.7 cm³/mol. The first-order chi connectivity index (χ1) is 13.2. The third-order valence-corrected chi connectivity index (χ3v) is 6.28. The number of carbonyl (C=O) groups is 2. The number of aromatic amines is 1. The quantitative estimate of drug-likeness (QED) is 0.790. The summed E-state index contributed by atoms with van der Waals surface area (Å²) < 4.78 is 1.53. The Hall–Kier alpha value is -2.78. The summed E-state index contributed by atoms with van der Waals surface area (Å²) in [6, 6.07) is 0.364. The highest BCUT2D eigenvalue weighted by atomic mass is 16.2. The van der Waals surface area contributed by atoms with Gasteiger partial charge in [0.05, 0.1) is 0 Å². The number of hydrogen-bond acceptors (Lipinski definition) is 6. The molecule has 1 aliphatic heterocycles. The van der Waals surface area contributed by atoms with Gasteiger partial charge in [-0.25, -0.2) is 0 Å². The fraction of sp³-hybridized carbons (Fsp3) is 0.647. The second-order valence-corrected chi connectivity index (χ2v) is 7.80. The van der Waals surface area contributed by atoms with Crippen LogP contribution in [0.5, 0.6) is 0 Å². The number of likely N-dealkylation sites (tertiary alicyclic amines) is 1. The molecule has 27 heavy (non-hydrogen) atoms. The lowest BCUT2D eigenvalue weighted by Crippen LogP contribution is -2.57. The van der Waals surface area contributed by atoms with Gasteiger partial charge in [-0.2, -0.15) is 4.98 Å². The molecule has 0 unspecified atom stereocenters. The van der Waals surface area contributed by atoms with Crippen molar-refractivity contribution in [1.29, 1.82) is 0 Å². The predicted octanol–water partition coefficient (Wildman–Crippen LogP) is 0.152. The third kappa shape index (κ3) is 2.88. The van der Waals surface area contributed by atoms with Gasteiger partial charge in [-0.3, -0.25) is 19.3 Å². The monoisotopic (exact) mass is 370 g/mol. The van der Waals surface area contributed by atoms with Crippen molar-refractivity contribution in [2.45, 2.75) is 38.1 Å². The molecule has 3 fully saturated rings. The summed E-state index contributed by atoms with van der Waals surface area (Å²) in [5, 5.41) is 17.3. The van der Waals surface area contributed by atoms with E-state index in [1.54, 1.807) is 4.90 Å². The third-order valence-electron chi connectivity index (χ3n) is 6.28. The Morgan fingerprint density at radius 2 is 2.00 bits per heavy atom. The number of rotatable bonds is 4. The minimum absolute atomic E-state index is 0.0357. The maximum atomic E-state index is 12.8. The van der Waals surface area contributed by atoms with Crippen molar-refractivity contribution in [1.82, 2.24) is 40.2 Å². The van der Waals surface area contributed by atoms with E-state index in [0.717, 1.165) is 25.7 Å². The first-order valence-corrected chi connectivity index (χ1v) is 9.56. The summed E-state index contributed by atoms with van der Waals surface area (Å²) in [4.78, 5) is 31.4. The topological polar surface area (TPSA) is 122 Å². The van der Waals surface area contributed by atoms with E-state index in [9.17, 15) is 9.59 Å². The molecular formula is C17H22N8O2. The van der Waals surface area contributed by atoms with Gasteiger partial charge in [-0.1, -0.05) is 0 Å². The zero-order valence-electron chi connectivity index (χ0n) is 14.9. The first-order valence-electron chi connectivity index (χ1n) is 9.56.